The third kappa shape index (κ3) is 7.01. The summed E-state index contributed by atoms with van der Waals surface area (Å²) in [7, 11) is 0. The van der Waals surface area contributed by atoms with Gasteiger partial charge in [0.05, 0.1) is 0 Å². The Balaban J connectivity index is 2.91. The third-order valence-electron chi connectivity index (χ3n) is 0.889. The van der Waals surface area contributed by atoms with Gasteiger partial charge in [0.1, 0.15) is 0 Å². The summed E-state index contributed by atoms with van der Waals surface area (Å²) in [5.41, 5.74) is 4.88. The van der Waals surface area contributed by atoms with E-state index in [1.54, 1.807) is 6.20 Å². The number of primary amides is 1. The van der Waals surface area contributed by atoms with E-state index < -0.39 is 0 Å². The summed E-state index contributed by atoms with van der Waals surface area (Å²) in [6.45, 7) is 4.22. The Labute approximate surface area is 54.9 Å². The highest BCUT2D eigenvalue weighted by atomic mass is 16.1. The van der Waals surface area contributed by atoms with Gasteiger partial charge in [-0.05, 0) is 12.6 Å². The minimum atomic E-state index is -0.249. The first-order valence-corrected chi connectivity index (χ1v) is 2.90. The highest BCUT2D eigenvalue weighted by Gasteiger charge is 1.90. The van der Waals surface area contributed by atoms with Crippen LogP contribution >= 0.6 is 0 Å². The molecule has 0 aromatic rings. The second kappa shape index (κ2) is 5.15. The van der Waals surface area contributed by atoms with Crippen molar-refractivity contribution < 1.29 is 4.79 Å². The predicted molar refractivity (Wildman–Crippen MR) is 36.6 cm³/mol. The number of hydrogen-bond donors (Lipinski definition) is 2. The van der Waals surface area contributed by atoms with Crippen LogP contribution in [0.15, 0.2) is 12.8 Å². The van der Waals surface area contributed by atoms with Gasteiger partial charge in [-0.3, -0.25) is 4.79 Å². The molecule has 0 heterocycles. The number of hydrogen-bond acceptors (Lipinski definition) is 2. The zero-order valence-corrected chi connectivity index (χ0v) is 5.39. The Morgan fingerprint density at radius 2 is 2.44 bits per heavy atom. The van der Waals surface area contributed by atoms with Gasteiger partial charge in [0.2, 0.25) is 5.91 Å². The second-order valence-electron chi connectivity index (χ2n) is 1.73. The fourth-order valence-corrected chi connectivity index (χ4v) is 0.467. The molecule has 0 bridgehead atoms. The molecule has 9 heavy (non-hydrogen) atoms. The van der Waals surface area contributed by atoms with Crippen LogP contribution in [0.2, 0.25) is 0 Å². The normalized spacial score (nSPS) is 8.44. The molecule has 0 aromatic heterocycles. The molecule has 0 aliphatic carbocycles. The highest BCUT2D eigenvalue weighted by Crippen LogP contribution is 1.82. The fourth-order valence-electron chi connectivity index (χ4n) is 0.467. The molecule has 0 aliphatic rings. The van der Waals surface area contributed by atoms with Gasteiger partial charge in [-0.15, -0.1) is 0 Å². The fraction of sp³-hybridized carbons (Fsp3) is 0.500. The highest BCUT2D eigenvalue weighted by molar-refractivity contribution is 5.73. The molecule has 0 radical (unpaired) electrons. The average molecular weight is 128 g/mol. The van der Waals surface area contributed by atoms with Crippen molar-refractivity contribution in [3.8, 4) is 0 Å². The van der Waals surface area contributed by atoms with E-state index in [4.69, 9.17) is 5.73 Å². The van der Waals surface area contributed by atoms with E-state index in [9.17, 15) is 4.79 Å². The summed E-state index contributed by atoms with van der Waals surface area (Å²) in [5, 5.41) is 2.86. The molecule has 0 saturated heterocycles. The van der Waals surface area contributed by atoms with Crippen molar-refractivity contribution in [2.45, 2.75) is 12.8 Å². The monoisotopic (exact) mass is 128 g/mol. The SMILES string of the molecule is C=CNCCCC(N)=O. The molecule has 0 atom stereocenters. The van der Waals surface area contributed by atoms with Crippen molar-refractivity contribution in [1.29, 1.82) is 0 Å². The molecule has 1 amide bonds. The lowest BCUT2D eigenvalue weighted by atomic mass is 10.3. The lowest BCUT2D eigenvalue weighted by molar-refractivity contribution is -0.118. The van der Waals surface area contributed by atoms with Gasteiger partial charge in [-0.25, -0.2) is 0 Å². The summed E-state index contributed by atoms with van der Waals surface area (Å²) in [6, 6.07) is 0. The summed E-state index contributed by atoms with van der Waals surface area (Å²) in [6.07, 6.45) is 2.82. The summed E-state index contributed by atoms with van der Waals surface area (Å²) in [4.78, 5) is 10.1. The van der Waals surface area contributed by atoms with E-state index >= 15 is 0 Å². The number of nitrogens with one attached hydrogen (secondary N) is 1. The zero-order valence-electron chi connectivity index (χ0n) is 5.39. The average Bonchev–Trinajstić information content (AvgIpc) is 1.80. The maximum absolute atomic E-state index is 10.1. The first-order chi connectivity index (χ1) is 4.27. The molecule has 3 N–H and O–H groups in total. The maximum atomic E-state index is 10.1. The molecule has 0 spiro atoms. The van der Waals surface area contributed by atoms with Crippen LogP contribution in [0.4, 0.5) is 0 Å². The zero-order chi connectivity index (χ0) is 7.11. The topological polar surface area (TPSA) is 55.1 Å². The second-order valence-corrected chi connectivity index (χ2v) is 1.73. The van der Waals surface area contributed by atoms with Crippen molar-refractivity contribution >= 4 is 5.91 Å². The predicted octanol–water partition coefficient (Wildman–Crippen LogP) is -0.0150. The Bertz CT molecular complexity index is 101. The Morgan fingerprint density at radius 3 is 2.89 bits per heavy atom. The number of carbonyl (C=O) groups is 1. The molecular weight excluding hydrogens is 116 g/mol. The van der Waals surface area contributed by atoms with Crippen molar-refractivity contribution in [2.75, 3.05) is 6.54 Å². The molecule has 0 aromatic carbocycles. The van der Waals surface area contributed by atoms with Crippen molar-refractivity contribution in [3.05, 3.63) is 12.8 Å². The van der Waals surface area contributed by atoms with Crippen molar-refractivity contribution in [1.82, 2.24) is 5.32 Å². The van der Waals surface area contributed by atoms with Crippen molar-refractivity contribution in [2.24, 2.45) is 5.73 Å². The van der Waals surface area contributed by atoms with Crippen LogP contribution in [-0.2, 0) is 4.79 Å². The first kappa shape index (κ1) is 8.01. The number of rotatable bonds is 5. The van der Waals surface area contributed by atoms with E-state index in [2.05, 4.69) is 11.9 Å². The van der Waals surface area contributed by atoms with Gasteiger partial charge in [0.25, 0.3) is 0 Å². The number of carbonyl (C=O) groups excluding carboxylic acids is 1. The maximum Gasteiger partial charge on any atom is 0.217 e. The van der Waals surface area contributed by atoms with Gasteiger partial charge in [0, 0.05) is 13.0 Å². The lowest BCUT2D eigenvalue weighted by Gasteiger charge is -1.95. The van der Waals surface area contributed by atoms with Gasteiger partial charge in [-0.2, -0.15) is 0 Å². The number of nitrogens with two attached hydrogens (primary N) is 1. The van der Waals surface area contributed by atoms with Crippen LogP contribution in [-0.4, -0.2) is 12.5 Å². The van der Waals surface area contributed by atoms with E-state index in [-0.39, 0.29) is 5.91 Å². The summed E-state index contributed by atoms with van der Waals surface area (Å²) < 4.78 is 0. The lowest BCUT2D eigenvalue weighted by Crippen LogP contribution is -2.14. The van der Waals surface area contributed by atoms with Crippen LogP contribution in [0.5, 0.6) is 0 Å². The quantitative estimate of drug-likeness (QED) is 0.511. The largest absolute Gasteiger partial charge is 0.391 e. The molecule has 3 heteroatoms. The van der Waals surface area contributed by atoms with Crippen LogP contribution in [0, 0.1) is 0 Å². The number of amides is 1. The summed E-state index contributed by atoms with van der Waals surface area (Å²) in [5.74, 6) is -0.249. The van der Waals surface area contributed by atoms with Crippen molar-refractivity contribution in [3.63, 3.8) is 0 Å². The molecule has 0 saturated carbocycles. The van der Waals surface area contributed by atoms with Crippen LogP contribution < -0.4 is 11.1 Å². The van der Waals surface area contributed by atoms with E-state index in [0.29, 0.717) is 6.42 Å². The standard InChI is InChI=1S/C6H12N2O/c1-2-8-5-3-4-6(7)9/h2,8H,1,3-5H2,(H2,7,9). The van der Waals surface area contributed by atoms with Gasteiger partial charge < -0.3 is 11.1 Å². The minimum Gasteiger partial charge on any atom is -0.391 e. The van der Waals surface area contributed by atoms with Crippen LogP contribution in [0.25, 0.3) is 0 Å². The van der Waals surface area contributed by atoms with E-state index in [0.717, 1.165) is 13.0 Å². The third-order valence-corrected chi connectivity index (χ3v) is 0.889. The minimum absolute atomic E-state index is 0.249. The molecule has 0 rings (SSSR count). The molecule has 52 valence electrons. The van der Waals surface area contributed by atoms with Gasteiger partial charge in [-0.1, -0.05) is 6.58 Å². The van der Waals surface area contributed by atoms with Gasteiger partial charge in [0.15, 0.2) is 0 Å². The summed E-state index contributed by atoms with van der Waals surface area (Å²) >= 11 is 0. The van der Waals surface area contributed by atoms with Crippen LogP contribution in [0.1, 0.15) is 12.8 Å². The Kier molecular flexibility index (Phi) is 4.59. The Hall–Kier alpha value is -0.990. The van der Waals surface area contributed by atoms with E-state index in [1.165, 1.54) is 0 Å². The molecular formula is C6H12N2O. The molecule has 0 aliphatic heterocycles. The van der Waals surface area contributed by atoms with Crippen LogP contribution in [0.3, 0.4) is 0 Å². The first-order valence-electron chi connectivity index (χ1n) is 2.90. The molecule has 0 unspecified atom stereocenters. The molecule has 0 fully saturated rings. The van der Waals surface area contributed by atoms with Gasteiger partial charge >= 0.3 is 0 Å². The van der Waals surface area contributed by atoms with E-state index in [1.807, 2.05) is 0 Å². The smallest absolute Gasteiger partial charge is 0.217 e. The molecule has 3 nitrogen and oxygen atoms in total. The Morgan fingerprint density at radius 1 is 1.78 bits per heavy atom.